The zero-order valence-electron chi connectivity index (χ0n) is 5.84. The summed E-state index contributed by atoms with van der Waals surface area (Å²) in [6, 6.07) is -0.458. The van der Waals surface area contributed by atoms with Crippen LogP contribution in [0, 0.1) is 5.92 Å². The average Bonchev–Trinajstić information content (AvgIpc) is 2.62. The molecule has 0 aliphatic heterocycles. The molecule has 3 nitrogen and oxygen atoms in total. The first-order valence-corrected chi connectivity index (χ1v) is 3.49. The molecule has 0 aromatic carbocycles. The largest absolute Gasteiger partial charge is 0.352 e. The molecule has 1 fully saturated rings. The first kappa shape index (κ1) is 7.12. The summed E-state index contributed by atoms with van der Waals surface area (Å²) in [6.07, 6.45) is 6.67. The maximum Gasteiger partial charge on any atom is 0.312 e. The van der Waals surface area contributed by atoms with Crippen molar-refractivity contribution in [1.29, 1.82) is 0 Å². The summed E-state index contributed by atoms with van der Waals surface area (Å²) in [5, 5.41) is 2.48. The molecular weight excluding hydrogens is 128 g/mol. The van der Waals surface area contributed by atoms with Gasteiger partial charge in [-0.15, -0.1) is 0 Å². The summed E-state index contributed by atoms with van der Waals surface area (Å²) in [5.74, 6) is 0.773. The van der Waals surface area contributed by atoms with E-state index in [1.54, 1.807) is 0 Å². The van der Waals surface area contributed by atoms with Gasteiger partial charge in [-0.3, -0.25) is 0 Å². The summed E-state index contributed by atoms with van der Waals surface area (Å²) < 4.78 is 0. The van der Waals surface area contributed by atoms with Gasteiger partial charge in [0.25, 0.3) is 0 Å². The lowest BCUT2D eigenvalue weighted by molar-refractivity contribution is 0.250. The minimum Gasteiger partial charge on any atom is -0.352 e. The van der Waals surface area contributed by atoms with Crippen LogP contribution in [0.15, 0.2) is 12.2 Å². The second kappa shape index (κ2) is 3.25. The van der Waals surface area contributed by atoms with Crippen LogP contribution in [-0.4, -0.2) is 12.6 Å². The van der Waals surface area contributed by atoms with Crippen LogP contribution in [0.2, 0.25) is 0 Å². The van der Waals surface area contributed by atoms with Gasteiger partial charge in [-0.2, -0.15) is 0 Å². The summed E-state index contributed by atoms with van der Waals surface area (Å²) in [6.45, 7) is 0.561. The molecule has 0 saturated heterocycles. The van der Waals surface area contributed by atoms with Crippen molar-refractivity contribution in [1.82, 2.24) is 5.32 Å². The van der Waals surface area contributed by atoms with Crippen molar-refractivity contribution in [3.05, 3.63) is 12.2 Å². The molecule has 56 valence electrons. The van der Waals surface area contributed by atoms with Crippen molar-refractivity contribution < 1.29 is 4.79 Å². The van der Waals surface area contributed by atoms with E-state index in [0.29, 0.717) is 6.54 Å². The van der Waals surface area contributed by atoms with E-state index in [4.69, 9.17) is 5.73 Å². The molecule has 1 saturated carbocycles. The van der Waals surface area contributed by atoms with Gasteiger partial charge in [0.15, 0.2) is 0 Å². The maximum atomic E-state index is 10.1. The predicted octanol–water partition coefficient (Wildman–Crippen LogP) is 0.621. The van der Waals surface area contributed by atoms with Crippen LogP contribution in [0.25, 0.3) is 0 Å². The minimum atomic E-state index is -0.458. The lowest BCUT2D eigenvalue weighted by atomic mass is 10.4. The molecule has 2 amide bonds. The van der Waals surface area contributed by atoms with E-state index in [0.717, 1.165) is 5.92 Å². The van der Waals surface area contributed by atoms with Crippen LogP contribution in [-0.2, 0) is 0 Å². The Hall–Kier alpha value is -0.990. The Morgan fingerprint density at radius 2 is 2.40 bits per heavy atom. The summed E-state index contributed by atoms with van der Waals surface area (Å²) in [5.41, 5.74) is 4.84. The third kappa shape index (κ3) is 3.12. The number of carbonyl (C=O) groups is 1. The standard InChI is InChI=1S/C7H12N2O/c8-7(10)9-5-1-2-6-3-4-6/h1-2,6H,3-5H2,(H3,8,9,10)/b2-1+. The lowest BCUT2D eigenvalue weighted by Gasteiger charge is -1.92. The van der Waals surface area contributed by atoms with Crippen LogP contribution in [0.4, 0.5) is 4.79 Å². The fourth-order valence-electron chi connectivity index (χ4n) is 0.709. The molecule has 0 aromatic rings. The van der Waals surface area contributed by atoms with Gasteiger partial charge < -0.3 is 11.1 Å². The predicted molar refractivity (Wildman–Crippen MR) is 39.5 cm³/mol. The number of amides is 2. The molecule has 3 heteroatoms. The average molecular weight is 140 g/mol. The number of nitrogens with two attached hydrogens (primary N) is 1. The van der Waals surface area contributed by atoms with Gasteiger partial charge in [0.1, 0.15) is 0 Å². The van der Waals surface area contributed by atoms with E-state index in [1.807, 2.05) is 6.08 Å². The molecule has 0 unspecified atom stereocenters. The summed E-state index contributed by atoms with van der Waals surface area (Å²) in [4.78, 5) is 10.1. The van der Waals surface area contributed by atoms with E-state index in [-0.39, 0.29) is 0 Å². The van der Waals surface area contributed by atoms with Crippen molar-refractivity contribution in [3.63, 3.8) is 0 Å². The molecular formula is C7H12N2O. The summed E-state index contributed by atoms with van der Waals surface area (Å²) >= 11 is 0. The highest BCUT2D eigenvalue weighted by Crippen LogP contribution is 2.29. The molecule has 1 rings (SSSR count). The number of nitrogens with one attached hydrogen (secondary N) is 1. The minimum absolute atomic E-state index is 0.458. The Morgan fingerprint density at radius 1 is 1.70 bits per heavy atom. The number of rotatable bonds is 3. The van der Waals surface area contributed by atoms with Crippen LogP contribution >= 0.6 is 0 Å². The van der Waals surface area contributed by atoms with E-state index >= 15 is 0 Å². The fraction of sp³-hybridized carbons (Fsp3) is 0.571. The van der Waals surface area contributed by atoms with Crippen LogP contribution < -0.4 is 11.1 Å². The topological polar surface area (TPSA) is 55.1 Å². The van der Waals surface area contributed by atoms with E-state index in [2.05, 4.69) is 11.4 Å². The van der Waals surface area contributed by atoms with Crippen LogP contribution in [0.3, 0.4) is 0 Å². The van der Waals surface area contributed by atoms with Crippen LogP contribution in [0.5, 0.6) is 0 Å². The molecule has 10 heavy (non-hydrogen) atoms. The first-order valence-electron chi connectivity index (χ1n) is 3.49. The zero-order valence-corrected chi connectivity index (χ0v) is 5.84. The van der Waals surface area contributed by atoms with Crippen molar-refractivity contribution >= 4 is 6.03 Å². The van der Waals surface area contributed by atoms with Gasteiger partial charge in [0.05, 0.1) is 0 Å². The smallest absolute Gasteiger partial charge is 0.312 e. The molecule has 1 aliphatic carbocycles. The summed E-state index contributed by atoms with van der Waals surface area (Å²) in [7, 11) is 0. The van der Waals surface area contributed by atoms with Crippen molar-refractivity contribution in [2.75, 3.05) is 6.54 Å². The number of urea groups is 1. The van der Waals surface area contributed by atoms with Crippen molar-refractivity contribution in [3.8, 4) is 0 Å². The Kier molecular flexibility index (Phi) is 2.31. The van der Waals surface area contributed by atoms with Crippen molar-refractivity contribution in [2.24, 2.45) is 11.7 Å². The molecule has 0 bridgehead atoms. The zero-order chi connectivity index (χ0) is 7.40. The number of primary amides is 1. The lowest BCUT2D eigenvalue weighted by Crippen LogP contribution is -2.29. The fourth-order valence-corrected chi connectivity index (χ4v) is 0.709. The van der Waals surface area contributed by atoms with E-state index in [9.17, 15) is 4.79 Å². The second-order valence-corrected chi connectivity index (χ2v) is 2.51. The number of hydrogen-bond acceptors (Lipinski definition) is 1. The third-order valence-corrected chi connectivity index (χ3v) is 1.42. The van der Waals surface area contributed by atoms with Gasteiger partial charge in [0, 0.05) is 6.54 Å². The van der Waals surface area contributed by atoms with Gasteiger partial charge in [-0.25, -0.2) is 4.79 Å². The molecule has 1 aliphatic rings. The first-order chi connectivity index (χ1) is 4.79. The van der Waals surface area contributed by atoms with Gasteiger partial charge >= 0.3 is 6.03 Å². The Balaban J connectivity index is 1.98. The third-order valence-electron chi connectivity index (χ3n) is 1.42. The molecule has 3 N–H and O–H groups in total. The van der Waals surface area contributed by atoms with E-state index in [1.165, 1.54) is 12.8 Å². The number of hydrogen-bond donors (Lipinski definition) is 2. The molecule has 0 atom stereocenters. The molecule has 0 aromatic heterocycles. The highest BCUT2D eigenvalue weighted by molar-refractivity contribution is 5.71. The van der Waals surface area contributed by atoms with Gasteiger partial charge in [-0.1, -0.05) is 12.2 Å². The van der Waals surface area contributed by atoms with Crippen LogP contribution in [0.1, 0.15) is 12.8 Å². The number of carbonyl (C=O) groups excluding carboxylic acids is 1. The Labute approximate surface area is 60.3 Å². The number of allylic oxidation sites excluding steroid dienone is 1. The molecule has 0 spiro atoms. The second-order valence-electron chi connectivity index (χ2n) is 2.51. The normalized spacial score (nSPS) is 17.6. The quantitative estimate of drug-likeness (QED) is 0.555. The van der Waals surface area contributed by atoms with E-state index < -0.39 is 6.03 Å². The van der Waals surface area contributed by atoms with Crippen molar-refractivity contribution in [2.45, 2.75) is 12.8 Å². The SMILES string of the molecule is NC(=O)NC/C=C/C1CC1. The Bertz CT molecular complexity index is 150. The molecule has 0 radical (unpaired) electrons. The highest BCUT2D eigenvalue weighted by Gasteiger charge is 2.16. The van der Waals surface area contributed by atoms with Gasteiger partial charge in [-0.05, 0) is 18.8 Å². The Morgan fingerprint density at radius 3 is 2.90 bits per heavy atom. The van der Waals surface area contributed by atoms with Gasteiger partial charge in [0.2, 0.25) is 0 Å². The monoisotopic (exact) mass is 140 g/mol. The molecule has 0 heterocycles. The maximum absolute atomic E-state index is 10.1. The highest BCUT2D eigenvalue weighted by atomic mass is 16.2.